The number of nitrogens with one attached hydrogen (secondary N) is 3. The number of aromatic nitrogens is 2. The number of anilines is 2. The van der Waals surface area contributed by atoms with Crippen LogP contribution in [0.5, 0.6) is 23.1 Å². The Labute approximate surface area is 409 Å². The summed E-state index contributed by atoms with van der Waals surface area (Å²) in [7, 11) is -4.79. The Balaban J connectivity index is 0.889. The van der Waals surface area contributed by atoms with Gasteiger partial charge in [-0.2, -0.15) is 4.98 Å². The Kier molecular flexibility index (Phi) is 12.6. The summed E-state index contributed by atoms with van der Waals surface area (Å²) >= 11 is 0. The minimum Gasteiger partial charge on any atom is -0.489 e. The second-order valence-corrected chi connectivity index (χ2v) is 22.1. The number of likely N-dealkylation sites (tertiary alicyclic amines) is 1. The Morgan fingerprint density at radius 1 is 1.04 bits per heavy atom. The molecule has 0 radical (unpaired) electrons. The van der Waals surface area contributed by atoms with Crippen LogP contribution >= 0.6 is 0 Å². The SMILES string of the molecule is CCOc1nc2[nH]cc(F)c2cc1Oc1cc(N2CCC3(CC2)CN([C@H]2CCC[C@H]2c2ccccc2C(C)(F)F)C3)ccc1C(=O)NS(=O)(=O)c1cc2c(c([N+](=O)[O-])c1)N[C@@H](C1CCC(C)(O)CC1)CO2. The van der Waals surface area contributed by atoms with Crippen molar-refractivity contribution in [1.29, 1.82) is 0 Å². The zero-order valence-electron chi connectivity index (χ0n) is 39.8. The number of carbonyl (C=O) groups is 1. The number of piperidine rings is 1. The molecule has 4 fully saturated rings. The quantitative estimate of drug-likeness (QED) is 0.0643. The van der Waals surface area contributed by atoms with Gasteiger partial charge in [0.15, 0.2) is 17.2 Å². The van der Waals surface area contributed by atoms with E-state index in [1.54, 1.807) is 38.1 Å². The van der Waals surface area contributed by atoms with Gasteiger partial charge in [-0.05, 0) is 100 Å². The van der Waals surface area contributed by atoms with Crippen LogP contribution in [0.2, 0.25) is 0 Å². The van der Waals surface area contributed by atoms with Crippen LogP contribution in [-0.2, 0) is 15.9 Å². The number of aliphatic hydroxyl groups is 1. The molecule has 3 atom stereocenters. The van der Waals surface area contributed by atoms with Gasteiger partial charge in [-0.3, -0.25) is 19.8 Å². The first-order chi connectivity index (χ1) is 33.8. The zero-order chi connectivity index (χ0) is 50.0. The molecule has 3 aliphatic heterocycles. The van der Waals surface area contributed by atoms with Gasteiger partial charge in [0.2, 0.25) is 0 Å². The molecule has 1 spiro atoms. The number of fused-ring (bicyclic) bond motifs is 2. The largest absolute Gasteiger partial charge is 0.489 e. The van der Waals surface area contributed by atoms with Crippen LogP contribution in [-0.4, -0.2) is 96.3 Å². The van der Waals surface area contributed by atoms with Gasteiger partial charge in [-0.1, -0.05) is 30.7 Å². The topological polar surface area (TPSA) is 201 Å². The lowest BCUT2D eigenvalue weighted by atomic mass is 9.70. The van der Waals surface area contributed by atoms with Gasteiger partial charge in [0, 0.05) is 80.9 Å². The number of hydrogen-bond donors (Lipinski definition) is 4. The van der Waals surface area contributed by atoms with Crippen molar-refractivity contribution in [2.24, 2.45) is 11.3 Å². The van der Waals surface area contributed by atoms with E-state index in [4.69, 9.17) is 14.2 Å². The van der Waals surface area contributed by atoms with Crippen molar-refractivity contribution in [1.82, 2.24) is 19.6 Å². The van der Waals surface area contributed by atoms with Crippen molar-refractivity contribution >= 4 is 44.0 Å². The lowest BCUT2D eigenvalue weighted by Crippen LogP contribution is -2.63. The highest BCUT2D eigenvalue weighted by Crippen LogP contribution is 2.50. The molecule has 4 N–H and O–H groups in total. The molecule has 10 rings (SSSR count). The van der Waals surface area contributed by atoms with Crippen molar-refractivity contribution in [3.8, 4) is 23.1 Å². The van der Waals surface area contributed by atoms with E-state index in [2.05, 4.69) is 29.8 Å². The number of benzene rings is 3. The minimum atomic E-state index is -4.79. The maximum absolute atomic E-state index is 14.9. The Morgan fingerprint density at radius 3 is 2.51 bits per heavy atom. The fourth-order valence-corrected chi connectivity index (χ4v) is 12.7. The molecule has 2 aromatic heterocycles. The number of nitro benzene ring substituents is 1. The molecule has 2 saturated carbocycles. The molecule has 20 heteroatoms. The maximum atomic E-state index is 14.9. The molecule has 5 heterocycles. The number of alkyl halides is 2. The van der Waals surface area contributed by atoms with E-state index >= 15 is 0 Å². The van der Waals surface area contributed by atoms with Crippen molar-refractivity contribution in [3.63, 3.8) is 0 Å². The molecular formula is C51H58F3N7O9S. The summed E-state index contributed by atoms with van der Waals surface area (Å²) in [6.07, 6.45) is 8.11. The zero-order valence-corrected chi connectivity index (χ0v) is 40.6. The lowest BCUT2D eigenvalue weighted by Gasteiger charge is -2.57. The summed E-state index contributed by atoms with van der Waals surface area (Å²) in [6, 6.07) is 14.9. The Bertz CT molecular complexity index is 2980. The Morgan fingerprint density at radius 2 is 1.79 bits per heavy atom. The number of rotatable bonds is 13. The lowest BCUT2D eigenvalue weighted by molar-refractivity contribution is -0.384. The van der Waals surface area contributed by atoms with Crippen molar-refractivity contribution in [2.45, 2.75) is 113 Å². The molecule has 3 aromatic carbocycles. The number of sulfonamides is 1. The summed E-state index contributed by atoms with van der Waals surface area (Å²) in [6.45, 7) is 7.77. The van der Waals surface area contributed by atoms with Crippen molar-refractivity contribution in [2.75, 3.05) is 49.6 Å². The fourth-order valence-electron chi connectivity index (χ4n) is 11.7. The summed E-state index contributed by atoms with van der Waals surface area (Å²) in [5.74, 6) is -4.75. The summed E-state index contributed by atoms with van der Waals surface area (Å²) in [5.41, 5.74) is 0.233. The first-order valence-corrected chi connectivity index (χ1v) is 25.9. The Hall–Kier alpha value is -6.12. The summed E-state index contributed by atoms with van der Waals surface area (Å²) in [5, 5.41) is 26.2. The molecule has 71 heavy (non-hydrogen) atoms. The van der Waals surface area contributed by atoms with Gasteiger partial charge in [0.25, 0.3) is 33.4 Å². The first-order valence-electron chi connectivity index (χ1n) is 24.4. The molecule has 5 aromatic rings. The molecule has 378 valence electrons. The van der Waals surface area contributed by atoms with E-state index < -0.39 is 48.8 Å². The number of hydrogen-bond acceptors (Lipinski definition) is 13. The van der Waals surface area contributed by atoms with E-state index in [9.17, 15) is 41.6 Å². The smallest absolute Gasteiger partial charge is 0.297 e. The molecule has 0 unspecified atom stereocenters. The highest BCUT2D eigenvalue weighted by atomic mass is 32.2. The average Bonchev–Trinajstić information content (AvgIpc) is 3.96. The van der Waals surface area contributed by atoms with Gasteiger partial charge in [-0.15, -0.1) is 0 Å². The van der Waals surface area contributed by atoms with Crippen LogP contribution in [0.25, 0.3) is 11.0 Å². The number of ether oxygens (including phenoxy) is 3. The molecular weight excluding hydrogens is 944 g/mol. The third-order valence-corrected chi connectivity index (χ3v) is 16.8. The second kappa shape index (κ2) is 18.5. The van der Waals surface area contributed by atoms with Gasteiger partial charge in [0.1, 0.15) is 23.8 Å². The van der Waals surface area contributed by atoms with Gasteiger partial charge >= 0.3 is 0 Å². The highest BCUT2D eigenvalue weighted by Gasteiger charge is 2.50. The summed E-state index contributed by atoms with van der Waals surface area (Å²) < 4.78 is 92.7. The van der Waals surface area contributed by atoms with E-state index in [1.165, 1.54) is 12.1 Å². The van der Waals surface area contributed by atoms with E-state index in [0.29, 0.717) is 44.5 Å². The van der Waals surface area contributed by atoms with Crippen LogP contribution in [0, 0.1) is 27.3 Å². The third-order valence-electron chi connectivity index (χ3n) is 15.5. The number of carbonyl (C=O) groups excluding carboxylic acids is 1. The predicted molar refractivity (Wildman–Crippen MR) is 259 cm³/mol. The van der Waals surface area contributed by atoms with E-state index in [-0.39, 0.29) is 93.5 Å². The van der Waals surface area contributed by atoms with Crippen molar-refractivity contribution < 1.29 is 50.6 Å². The van der Waals surface area contributed by atoms with Crippen LogP contribution in [0.1, 0.15) is 106 Å². The maximum Gasteiger partial charge on any atom is 0.297 e. The number of pyridine rings is 1. The summed E-state index contributed by atoms with van der Waals surface area (Å²) in [4.78, 5) is 37.2. The van der Waals surface area contributed by atoms with Crippen LogP contribution in [0.4, 0.5) is 30.2 Å². The third kappa shape index (κ3) is 9.57. The number of nitrogens with zero attached hydrogens (tertiary/aromatic N) is 4. The molecule has 16 nitrogen and oxygen atoms in total. The van der Waals surface area contributed by atoms with Gasteiger partial charge in [-0.25, -0.2) is 26.3 Å². The molecule has 2 aliphatic carbocycles. The minimum absolute atomic E-state index is 0.00958. The normalized spacial score (nSPS) is 24.4. The van der Waals surface area contributed by atoms with E-state index in [1.807, 2.05) is 12.1 Å². The van der Waals surface area contributed by atoms with Crippen LogP contribution < -0.4 is 29.1 Å². The molecule has 2 saturated heterocycles. The molecule has 0 bridgehead atoms. The monoisotopic (exact) mass is 1000 g/mol. The van der Waals surface area contributed by atoms with E-state index in [0.717, 1.165) is 76.0 Å². The number of nitro groups is 1. The van der Waals surface area contributed by atoms with Gasteiger partial charge in [0.05, 0.1) is 39.0 Å². The van der Waals surface area contributed by atoms with Crippen LogP contribution in [0.3, 0.4) is 0 Å². The first kappa shape index (κ1) is 48.5. The molecule has 5 aliphatic rings. The average molecular weight is 1000 g/mol. The van der Waals surface area contributed by atoms with Crippen molar-refractivity contribution in [3.05, 3.63) is 99.5 Å². The number of H-pyrrole nitrogens is 1. The van der Waals surface area contributed by atoms with Gasteiger partial charge < -0.3 is 34.5 Å². The second-order valence-electron chi connectivity index (χ2n) is 20.4. The number of halogens is 3. The fraction of sp³-hybridized carbons (Fsp3) is 0.490. The predicted octanol–water partition coefficient (Wildman–Crippen LogP) is 9.38. The number of aromatic amines is 1. The standard InChI is InChI=1S/C51H58F3N7O9S/c1-4-68-48-44(25-36-38(52)26-55-46(36)57-48)70-42-22-31(59-20-18-51(19-21-59)28-60(29-51)40-11-7-9-34(40)33-8-5-6-10-37(33)50(3,53)54)12-13-35(42)47(62)58-71(66,67)32-23-41(61(64)65)45-43(24-32)69-27-39(56-45)30-14-16-49(2,63)17-15-30/h5-6,8,10,12-13,22-26,30,34,39-40,56,63H,4,7,9,11,14-21,27-29H2,1-3H3,(H,55,57)(H,58,62)/t30?,34-,39+,40-,49?/m0/s1. The highest BCUT2D eigenvalue weighted by molar-refractivity contribution is 7.90. The number of amides is 1. The van der Waals surface area contributed by atoms with Crippen LogP contribution in [0.15, 0.2) is 71.8 Å². The molecule has 1 amide bonds.